The summed E-state index contributed by atoms with van der Waals surface area (Å²) in [4.78, 5) is 18.4. The Morgan fingerprint density at radius 2 is 1.92 bits per heavy atom. The number of pyridine rings is 1. The first-order chi connectivity index (χ1) is 17.5. The zero-order valence-electron chi connectivity index (χ0n) is 20.8. The van der Waals surface area contributed by atoms with Crippen molar-refractivity contribution < 1.29 is 9.53 Å². The van der Waals surface area contributed by atoms with Crippen LogP contribution >= 0.6 is 0 Å². The van der Waals surface area contributed by atoms with Crippen LogP contribution in [0.2, 0.25) is 0 Å². The van der Waals surface area contributed by atoms with Gasteiger partial charge >= 0.3 is 0 Å². The maximum absolute atomic E-state index is 13.6. The number of anilines is 1. The molecule has 1 N–H and O–H groups in total. The monoisotopic (exact) mass is 480 g/mol. The van der Waals surface area contributed by atoms with Crippen LogP contribution in [0.4, 0.5) is 5.69 Å². The summed E-state index contributed by atoms with van der Waals surface area (Å²) in [6, 6.07) is 17.4. The fraction of sp³-hybridized carbons (Fsp3) is 0.214. The second-order valence-electron chi connectivity index (χ2n) is 8.67. The fourth-order valence-corrected chi connectivity index (χ4v) is 4.34. The SMILES string of the molecule is CCn1cc(-c2cc(C(=O)Nc3c(C)nn(Cc4cccc(OC)c4)c3C)c3ccccc3n2)cn1. The number of fused-ring (bicyclic) bond motifs is 1. The normalized spacial score (nSPS) is 11.1. The molecule has 0 spiro atoms. The van der Waals surface area contributed by atoms with Crippen molar-refractivity contribution in [2.24, 2.45) is 0 Å². The van der Waals surface area contributed by atoms with Gasteiger partial charge in [-0.25, -0.2) is 4.98 Å². The zero-order chi connectivity index (χ0) is 25.2. The lowest BCUT2D eigenvalue weighted by molar-refractivity contribution is 0.102. The molecule has 8 heteroatoms. The minimum Gasteiger partial charge on any atom is -0.497 e. The van der Waals surface area contributed by atoms with Gasteiger partial charge < -0.3 is 10.1 Å². The zero-order valence-corrected chi connectivity index (χ0v) is 20.8. The number of amides is 1. The van der Waals surface area contributed by atoms with Crippen molar-refractivity contribution in [3.63, 3.8) is 0 Å². The molecular formula is C28H28N6O2. The largest absolute Gasteiger partial charge is 0.497 e. The number of carbonyl (C=O) groups excluding carboxylic acids is 1. The molecule has 5 aromatic rings. The van der Waals surface area contributed by atoms with E-state index in [4.69, 9.17) is 9.72 Å². The fourth-order valence-electron chi connectivity index (χ4n) is 4.34. The quantitative estimate of drug-likeness (QED) is 0.344. The minimum atomic E-state index is -0.204. The standard InChI is InChI=1S/C28H28N6O2/c1-5-33-17-21(15-29-33)26-14-24(23-11-6-7-12-25(23)30-26)28(35)31-27-18(2)32-34(19(27)3)16-20-9-8-10-22(13-20)36-4/h6-15,17H,5,16H2,1-4H3,(H,31,35). The summed E-state index contributed by atoms with van der Waals surface area (Å²) in [5.41, 5.74) is 6.30. The molecule has 0 saturated carbocycles. The van der Waals surface area contributed by atoms with Crippen molar-refractivity contribution in [3.8, 4) is 17.0 Å². The van der Waals surface area contributed by atoms with Crippen LogP contribution in [0.15, 0.2) is 67.0 Å². The third-order valence-electron chi connectivity index (χ3n) is 6.30. The Balaban J connectivity index is 1.48. The van der Waals surface area contributed by atoms with E-state index in [1.165, 1.54) is 0 Å². The number of para-hydroxylation sites is 1. The van der Waals surface area contributed by atoms with Gasteiger partial charge in [0.1, 0.15) is 5.75 Å². The summed E-state index contributed by atoms with van der Waals surface area (Å²) < 4.78 is 9.08. The van der Waals surface area contributed by atoms with Gasteiger partial charge in [0, 0.05) is 23.7 Å². The molecule has 1 amide bonds. The number of aromatic nitrogens is 5. The highest BCUT2D eigenvalue weighted by atomic mass is 16.5. The van der Waals surface area contributed by atoms with Crippen molar-refractivity contribution in [1.29, 1.82) is 0 Å². The molecule has 0 saturated heterocycles. The number of ether oxygens (including phenoxy) is 1. The molecule has 0 unspecified atom stereocenters. The molecular weight excluding hydrogens is 452 g/mol. The van der Waals surface area contributed by atoms with Gasteiger partial charge in [-0.3, -0.25) is 14.2 Å². The van der Waals surface area contributed by atoms with Crippen LogP contribution in [-0.2, 0) is 13.1 Å². The maximum atomic E-state index is 13.6. The summed E-state index contributed by atoms with van der Waals surface area (Å²) in [6.07, 6.45) is 3.72. The first kappa shape index (κ1) is 23.3. The van der Waals surface area contributed by atoms with Crippen LogP contribution in [0.25, 0.3) is 22.2 Å². The Morgan fingerprint density at radius 1 is 1.08 bits per heavy atom. The van der Waals surface area contributed by atoms with E-state index < -0.39 is 0 Å². The van der Waals surface area contributed by atoms with Crippen molar-refractivity contribution in [2.75, 3.05) is 12.4 Å². The average Bonchev–Trinajstić information content (AvgIpc) is 3.48. The summed E-state index contributed by atoms with van der Waals surface area (Å²) >= 11 is 0. The maximum Gasteiger partial charge on any atom is 0.256 e. The van der Waals surface area contributed by atoms with Gasteiger partial charge in [0.2, 0.25) is 0 Å². The first-order valence-corrected chi connectivity index (χ1v) is 11.9. The summed E-state index contributed by atoms with van der Waals surface area (Å²) in [7, 11) is 1.65. The molecule has 2 aromatic carbocycles. The van der Waals surface area contributed by atoms with Gasteiger partial charge in [-0.05, 0) is 50.6 Å². The van der Waals surface area contributed by atoms with Crippen molar-refractivity contribution in [3.05, 3.63) is 89.5 Å². The number of rotatable bonds is 7. The second-order valence-corrected chi connectivity index (χ2v) is 8.67. The summed E-state index contributed by atoms with van der Waals surface area (Å²) in [5.74, 6) is 0.595. The molecule has 3 aromatic heterocycles. The Kier molecular flexibility index (Phi) is 6.25. The number of hydrogen-bond donors (Lipinski definition) is 1. The molecule has 0 aliphatic rings. The number of nitrogens with one attached hydrogen (secondary N) is 1. The molecule has 182 valence electrons. The molecule has 3 heterocycles. The van der Waals surface area contributed by atoms with Crippen molar-refractivity contribution >= 4 is 22.5 Å². The number of hydrogen-bond acceptors (Lipinski definition) is 5. The summed E-state index contributed by atoms with van der Waals surface area (Å²) in [6.45, 7) is 7.23. The second kappa shape index (κ2) is 9.65. The van der Waals surface area contributed by atoms with Crippen molar-refractivity contribution in [2.45, 2.75) is 33.9 Å². The predicted molar refractivity (Wildman–Crippen MR) is 140 cm³/mol. The Morgan fingerprint density at radius 3 is 2.69 bits per heavy atom. The lowest BCUT2D eigenvalue weighted by atomic mass is 10.0. The highest BCUT2D eigenvalue weighted by molar-refractivity contribution is 6.13. The molecule has 5 rings (SSSR count). The molecule has 0 fully saturated rings. The lowest BCUT2D eigenvalue weighted by Gasteiger charge is -2.11. The highest BCUT2D eigenvalue weighted by Crippen LogP contribution is 2.27. The third-order valence-corrected chi connectivity index (χ3v) is 6.30. The Bertz CT molecular complexity index is 1570. The van der Waals surface area contributed by atoms with Crippen LogP contribution in [0.1, 0.15) is 34.2 Å². The average molecular weight is 481 g/mol. The van der Waals surface area contributed by atoms with Gasteiger partial charge in [0.25, 0.3) is 5.91 Å². The van der Waals surface area contributed by atoms with Gasteiger partial charge in [0.15, 0.2) is 0 Å². The Hall–Kier alpha value is -4.46. The molecule has 8 nitrogen and oxygen atoms in total. The van der Waals surface area contributed by atoms with Crippen LogP contribution in [-0.4, -0.2) is 37.6 Å². The van der Waals surface area contributed by atoms with E-state index in [1.54, 1.807) is 13.3 Å². The number of aryl methyl sites for hydroxylation is 2. The number of benzene rings is 2. The number of nitrogens with zero attached hydrogens (tertiary/aromatic N) is 5. The topological polar surface area (TPSA) is 86.9 Å². The van der Waals surface area contributed by atoms with Gasteiger partial charge in [-0.2, -0.15) is 10.2 Å². The lowest BCUT2D eigenvalue weighted by Crippen LogP contribution is -2.14. The van der Waals surface area contributed by atoms with Crippen LogP contribution in [0, 0.1) is 13.8 Å². The minimum absolute atomic E-state index is 0.204. The van der Waals surface area contributed by atoms with Gasteiger partial charge in [0.05, 0.1) is 53.7 Å². The van der Waals surface area contributed by atoms with Gasteiger partial charge in [-0.1, -0.05) is 30.3 Å². The third kappa shape index (κ3) is 4.45. The molecule has 0 bridgehead atoms. The molecule has 36 heavy (non-hydrogen) atoms. The predicted octanol–water partition coefficient (Wildman–Crippen LogP) is 5.24. The molecule has 0 atom stereocenters. The van der Waals surface area contributed by atoms with E-state index in [-0.39, 0.29) is 5.91 Å². The number of carbonyl (C=O) groups is 1. The van der Waals surface area contributed by atoms with Gasteiger partial charge in [-0.15, -0.1) is 0 Å². The van der Waals surface area contributed by atoms with E-state index in [0.717, 1.165) is 45.7 Å². The van der Waals surface area contributed by atoms with Crippen LogP contribution in [0.3, 0.4) is 0 Å². The number of methoxy groups -OCH3 is 1. The molecule has 0 aliphatic carbocycles. The van der Waals surface area contributed by atoms with E-state index >= 15 is 0 Å². The summed E-state index contributed by atoms with van der Waals surface area (Å²) in [5, 5.41) is 13.0. The van der Waals surface area contributed by atoms with E-state index in [2.05, 4.69) is 15.5 Å². The smallest absolute Gasteiger partial charge is 0.256 e. The van der Waals surface area contributed by atoms with Crippen LogP contribution in [0.5, 0.6) is 5.75 Å². The van der Waals surface area contributed by atoms with Crippen LogP contribution < -0.4 is 10.1 Å². The van der Waals surface area contributed by atoms with E-state index in [0.29, 0.717) is 23.5 Å². The van der Waals surface area contributed by atoms with Crippen molar-refractivity contribution in [1.82, 2.24) is 24.5 Å². The Labute approximate surface area is 209 Å². The van der Waals surface area contributed by atoms with E-state index in [1.807, 2.05) is 90.9 Å². The molecule has 0 aliphatic heterocycles. The first-order valence-electron chi connectivity index (χ1n) is 11.9. The highest BCUT2D eigenvalue weighted by Gasteiger charge is 2.19. The van der Waals surface area contributed by atoms with E-state index in [9.17, 15) is 4.79 Å². The molecule has 0 radical (unpaired) electrons.